The third-order valence-corrected chi connectivity index (χ3v) is 2.47. The van der Waals surface area contributed by atoms with E-state index in [1.165, 1.54) is 20.3 Å². The minimum atomic E-state index is -0.413. The van der Waals surface area contributed by atoms with Crippen LogP contribution in [-0.2, 0) is 9.53 Å². The Labute approximate surface area is 119 Å². The van der Waals surface area contributed by atoms with Crippen LogP contribution in [-0.4, -0.2) is 33.4 Å². The highest BCUT2D eigenvalue weighted by atomic mass is 16.5. The minimum Gasteiger partial charge on any atom is -0.497 e. The van der Waals surface area contributed by atoms with Gasteiger partial charge in [-0.1, -0.05) is 0 Å². The quantitative estimate of drug-likeness (QED) is 0.592. The van der Waals surface area contributed by atoms with E-state index in [-0.39, 0.29) is 6.10 Å². The number of benzene rings is 1. The molecule has 0 N–H and O–H groups in total. The summed E-state index contributed by atoms with van der Waals surface area (Å²) in [5, 5.41) is 0. The Morgan fingerprint density at radius 2 is 1.80 bits per heavy atom. The molecular weight excluding hydrogens is 260 g/mol. The Balaban J connectivity index is 3.09. The van der Waals surface area contributed by atoms with Crippen LogP contribution >= 0.6 is 0 Å². The number of rotatable bonds is 6. The highest BCUT2D eigenvalue weighted by Crippen LogP contribution is 2.36. The van der Waals surface area contributed by atoms with Crippen molar-refractivity contribution in [3.05, 3.63) is 23.8 Å². The van der Waals surface area contributed by atoms with Gasteiger partial charge in [0.2, 0.25) is 0 Å². The molecule has 0 radical (unpaired) electrons. The SMILES string of the molecule is COc1cc(C=CC(=O)OC(C)C)c(OC)c(OC)c1. The summed E-state index contributed by atoms with van der Waals surface area (Å²) >= 11 is 0. The van der Waals surface area contributed by atoms with Gasteiger partial charge in [0.05, 0.1) is 27.4 Å². The van der Waals surface area contributed by atoms with Crippen molar-refractivity contribution < 1.29 is 23.7 Å². The first-order valence-corrected chi connectivity index (χ1v) is 6.20. The third kappa shape index (κ3) is 4.19. The summed E-state index contributed by atoms with van der Waals surface area (Å²) in [6.07, 6.45) is 2.79. The van der Waals surface area contributed by atoms with Gasteiger partial charge < -0.3 is 18.9 Å². The molecule has 5 nitrogen and oxygen atoms in total. The zero-order chi connectivity index (χ0) is 15.1. The van der Waals surface area contributed by atoms with E-state index in [0.29, 0.717) is 22.8 Å². The maximum atomic E-state index is 11.5. The molecule has 0 spiro atoms. The van der Waals surface area contributed by atoms with Crippen molar-refractivity contribution in [1.29, 1.82) is 0 Å². The van der Waals surface area contributed by atoms with E-state index in [2.05, 4.69) is 0 Å². The van der Waals surface area contributed by atoms with Crippen LogP contribution in [0, 0.1) is 0 Å². The topological polar surface area (TPSA) is 54.0 Å². The van der Waals surface area contributed by atoms with Gasteiger partial charge in [-0.05, 0) is 26.0 Å². The van der Waals surface area contributed by atoms with Gasteiger partial charge in [0.15, 0.2) is 11.5 Å². The lowest BCUT2D eigenvalue weighted by atomic mass is 10.1. The van der Waals surface area contributed by atoms with Crippen LogP contribution in [0.5, 0.6) is 17.2 Å². The van der Waals surface area contributed by atoms with Crippen LogP contribution in [0.15, 0.2) is 18.2 Å². The standard InChI is InChI=1S/C15H20O5/c1-10(2)20-14(16)7-6-11-8-12(17-3)9-13(18-4)15(11)19-5/h6-10H,1-5H3. The van der Waals surface area contributed by atoms with Crippen molar-refractivity contribution in [1.82, 2.24) is 0 Å². The summed E-state index contributed by atoms with van der Waals surface area (Å²) in [5.74, 6) is 1.26. The van der Waals surface area contributed by atoms with Crippen LogP contribution in [0.3, 0.4) is 0 Å². The monoisotopic (exact) mass is 280 g/mol. The van der Waals surface area contributed by atoms with E-state index in [1.54, 1.807) is 39.2 Å². The Bertz CT molecular complexity index is 491. The van der Waals surface area contributed by atoms with Gasteiger partial charge in [-0.2, -0.15) is 0 Å². The summed E-state index contributed by atoms with van der Waals surface area (Å²) < 4.78 is 20.7. The normalized spacial score (nSPS) is 10.7. The van der Waals surface area contributed by atoms with Crippen molar-refractivity contribution in [2.24, 2.45) is 0 Å². The van der Waals surface area contributed by atoms with E-state index in [0.717, 1.165) is 0 Å². The smallest absolute Gasteiger partial charge is 0.331 e. The Morgan fingerprint density at radius 1 is 1.10 bits per heavy atom. The van der Waals surface area contributed by atoms with Crippen LogP contribution < -0.4 is 14.2 Å². The number of esters is 1. The molecule has 0 amide bonds. The molecule has 0 fully saturated rings. The maximum absolute atomic E-state index is 11.5. The molecule has 0 atom stereocenters. The molecule has 0 heterocycles. The van der Waals surface area contributed by atoms with Crippen molar-refractivity contribution in [3.8, 4) is 17.2 Å². The lowest BCUT2D eigenvalue weighted by Gasteiger charge is -2.12. The van der Waals surface area contributed by atoms with E-state index in [1.807, 2.05) is 0 Å². The highest BCUT2D eigenvalue weighted by Gasteiger charge is 2.11. The maximum Gasteiger partial charge on any atom is 0.331 e. The number of ether oxygens (including phenoxy) is 4. The second-order valence-electron chi connectivity index (χ2n) is 4.27. The van der Waals surface area contributed by atoms with Gasteiger partial charge >= 0.3 is 5.97 Å². The predicted molar refractivity (Wildman–Crippen MR) is 76.4 cm³/mol. The average Bonchev–Trinajstić information content (AvgIpc) is 2.43. The Morgan fingerprint density at radius 3 is 2.30 bits per heavy atom. The fourth-order valence-electron chi connectivity index (χ4n) is 1.64. The van der Waals surface area contributed by atoms with Gasteiger partial charge in [0.25, 0.3) is 0 Å². The van der Waals surface area contributed by atoms with Gasteiger partial charge in [0, 0.05) is 17.7 Å². The van der Waals surface area contributed by atoms with Gasteiger partial charge in [0.1, 0.15) is 5.75 Å². The Kier molecular flexibility index (Phi) is 5.90. The predicted octanol–water partition coefficient (Wildman–Crippen LogP) is 2.68. The highest BCUT2D eigenvalue weighted by molar-refractivity contribution is 5.88. The van der Waals surface area contributed by atoms with Crippen molar-refractivity contribution in [2.75, 3.05) is 21.3 Å². The number of methoxy groups -OCH3 is 3. The van der Waals surface area contributed by atoms with Crippen LogP contribution in [0.25, 0.3) is 6.08 Å². The van der Waals surface area contributed by atoms with Crippen molar-refractivity contribution in [3.63, 3.8) is 0 Å². The van der Waals surface area contributed by atoms with E-state index >= 15 is 0 Å². The first-order chi connectivity index (χ1) is 9.51. The number of carbonyl (C=O) groups is 1. The molecule has 0 unspecified atom stereocenters. The molecule has 0 bridgehead atoms. The van der Waals surface area contributed by atoms with E-state index in [9.17, 15) is 4.79 Å². The molecule has 0 saturated carbocycles. The van der Waals surface area contributed by atoms with Crippen molar-refractivity contribution in [2.45, 2.75) is 20.0 Å². The summed E-state index contributed by atoms with van der Waals surface area (Å²) in [6.45, 7) is 3.59. The molecule has 5 heteroatoms. The second kappa shape index (κ2) is 7.43. The lowest BCUT2D eigenvalue weighted by molar-refractivity contribution is -0.141. The number of carbonyl (C=O) groups excluding carboxylic acids is 1. The molecule has 0 saturated heterocycles. The summed E-state index contributed by atoms with van der Waals surface area (Å²) in [6, 6.07) is 3.46. The molecule has 0 aliphatic carbocycles. The van der Waals surface area contributed by atoms with Crippen LogP contribution in [0.1, 0.15) is 19.4 Å². The molecular formula is C15H20O5. The fourth-order valence-corrected chi connectivity index (χ4v) is 1.64. The van der Waals surface area contributed by atoms with Crippen LogP contribution in [0.2, 0.25) is 0 Å². The summed E-state index contributed by atoms with van der Waals surface area (Å²) in [5.41, 5.74) is 0.671. The Hall–Kier alpha value is -2.17. The molecule has 1 rings (SSSR count). The molecule has 1 aromatic carbocycles. The average molecular weight is 280 g/mol. The fraction of sp³-hybridized carbons (Fsp3) is 0.400. The van der Waals surface area contributed by atoms with Gasteiger partial charge in [-0.3, -0.25) is 0 Å². The van der Waals surface area contributed by atoms with Crippen molar-refractivity contribution >= 4 is 12.0 Å². The number of hydrogen-bond donors (Lipinski definition) is 0. The lowest BCUT2D eigenvalue weighted by Crippen LogP contribution is -2.08. The van der Waals surface area contributed by atoms with E-state index < -0.39 is 5.97 Å². The minimum absolute atomic E-state index is 0.158. The third-order valence-electron chi connectivity index (χ3n) is 2.47. The van der Waals surface area contributed by atoms with Gasteiger partial charge in [-0.25, -0.2) is 4.79 Å². The van der Waals surface area contributed by atoms with Gasteiger partial charge in [-0.15, -0.1) is 0 Å². The summed E-state index contributed by atoms with van der Waals surface area (Å²) in [7, 11) is 4.63. The molecule has 110 valence electrons. The molecule has 0 aliphatic heterocycles. The molecule has 0 aliphatic rings. The number of hydrogen-bond acceptors (Lipinski definition) is 5. The second-order valence-corrected chi connectivity index (χ2v) is 4.27. The first-order valence-electron chi connectivity index (χ1n) is 6.20. The molecule has 1 aromatic rings. The van der Waals surface area contributed by atoms with E-state index in [4.69, 9.17) is 18.9 Å². The largest absolute Gasteiger partial charge is 0.497 e. The zero-order valence-corrected chi connectivity index (χ0v) is 12.4. The molecule has 0 aromatic heterocycles. The molecule has 20 heavy (non-hydrogen) atoms. The summed E-state index contributed by atoms with van der Waals surface area (Å²) in [4.78, 5) is 11.5. The first kappa shape index (κ1) is 15.9. The zero-order valence-electron chi connectivity index (χ0n) is 12.4. The van der Waals surface area contributed by atoms with Crippen LogP contribution in [0.4, 0.5) is 0 Å².